The topological polar surface area (TPSA) is 79.7 Å². The lowest BCUT2D eigenvalue weighted by Gasteiger charge is -2.43. The first-order chi connectivity index (χ1) is 14.2. The number of piperidine rings is 1. The predicted molar refractivity (Wildman–Crippen MR) is 116 cm³/mol. The highest BCUT2D eigenvalue weighted by molar-refractivity contribution is 6.32. The van der Waals surface area contributed by atoms with Gasteiger partial charge in [0.15, 0.2) is 5.82 Å². The third kappa shape index (κ3) is 4.67. The summed E-state index contributed by atoms with van der Waals surface area (Å²) in [6.07, 6.45) is 15.7. The normalized spacial score (nSPS) is 22.0. The van der Waals surface area contributed by atoms with Gasteiger partial charge in [0.05, 0.1) is 18.1 Å². The number of hydrogen-bond acceptors (Lipinski definition) is 6. The average Bonchev–Trinajstić information content (AvgIpc) is 3.44. The van der Waals surface area contributed by atoms with E-state index in [0.29, 0.717) is 22.4 Å². The van der Waals surface area contributed by atoms with Crippen LogP contribution in [0.5, 0.6) is 0 Å². The first-order valence-electron chi connectivity index (χ1n) is 11.0. The zero-order chi connectivity index (χ0) is 19.7. The molecule has 1 aliphatic heterocycles. The molecule has 1 saturated heterocycles. The molecule has 3 heterocycles. The SMILES string of the molecule is Clc1cnc(Nc2cnn(CC3CC3)c2)nc1NC1CCC2(CCNCC2)CC1. The molecule has 2 aromatic heterocycles. The van der Waals surface area contributed by atoms with Crippen LogP contribution in [0.2, 0.25) is 5.02 Å². The maximum Gasteiger partial charge on any atom is 0.229 e. The van der Waals surface area contributed by atoms with Gasteiger partial charge in [-0.15, -0.1) is 0 Å². The molecule has 3 aliphatic rings. The van der Waals surface area contributed by atoms with Gasteiger partial charge >= 0.3 is 0 Å². The van der Waals surface area contributed by atoms with Crippen LogP contribution in [0, 0.1) is 11.3 Å². The van der Waals surface area contributed by atoms with Crippen LogP contribution in [0.15, 0.2) is 18.6 Å². The van der Waals surface area contributed by atoms with Crippen molar-refractivity contribution in [2.45, 2.75) is 64.0 Å². The van der Waals surface area contributed by atoms with E-state index < -0.39 is 0 Å². The van der Waals surface area contributed by atoms with Gasteiger partial charge < -0.3 is 16.0 Å². The molecule has 2 saturated carbocycles. The molecule has 156 valence electrons. The molecular formula is C21H30ClN7. The first kappa shape index (κ1) is 19.1. The van der Waals surface area contributed by atoms with Crippen LogP contribution in [-0.4, -0.2) is 38.9 Å². The summed E-state index contributed by atoms with van der Waals surface area (Å²) in [6, 6.07) is 0.428. The maximum absolute atomic E-state index is 6.39. The van der Waals surface area contributed by atoms with E-state index in [2.05, 4.69) is 31.0 Å². The fourth-order valence-corrected chi connectivity index (χ4v) is 4.92. The molecule has 0 bridgehead atoms. The average molecular weight is 416 g/mol. The smallest absolute Gasteiger partial charge is 0.229 e. The van der Waals surface area contributed by atoms with E-state index >= 15 is 0 Å². The quantitative estimate of drug-likeness (QED) is 0.656. The van der Waals surface area contributed by atoms with Crippen molar-refractivity contribution in [1.29, 1.82) is 0 Å². The lowest BCUT2D eigenvalue weighted by atomic mass is 9.67. The number of rotatable bonds is 6. The molecule has 0 radical (unpaired) electrons. The minimum atomic E-state index is 0.428. The van der Waals surface area contributed by atoms with Crippen LogP contribution in [0.1, 0.15) is 51.4 Å². The fourth-order valence-electron chi connectivity index (χ4n) is 4.78. The Bertz CT molecular complexity index is 831. The number of nitrogens with one attached hydrogen (secondary N) is 3. The van der Waals surface area contributed by atoms with Gasteiger partial charge in [0, 0.05) is 18.8 Å². The lowest BCUT2D eigenvalue weighted by Crippen LogP contribution is -2.41. The molecule has 1 spiro atoms. The van der Waals surface area contributed by atoms with Gasteiger partial charge in [-0.3, -0.25) is 4.68 Å². The molecule has 2 aromatic rings. The van der Waals surface area contributed by atoms with Gasteiger partial charge in [-0.05, 0) is 75.8 Å². The summed E-state index contributed by atoms with van der Waals surface area (Å²) >= 11 is 6.39. The highest BCUT2D eigenvalue weighted by atomic mass is 35.5. The number of aromatic nitrogens is 4. The highest BCUT2D eigenvalue weighted by Crippen LogP contribution is 2.44. The summed E-state index contributed by atoms with van der Waals surface area (Å²) in [7, 11) is 0. The lowest BCUT2D eigenvalue weighted by molar-refractivity contribution is 0.128. The second-order valence-corrected chi connectivity index (χ2v) is 9.49. The van der Waals surface area contributed by atoms with Crippen LogP contribution in [0.4, 0.5) is 17.5 Å². The summed E-state index contributed by atoms with van der Waals surface area (Å²) in [4.78, 5) is 8.98. The van der Waals surface area contributed by atoms with Crippen LogP contribution >= 0.6 is 11.6 Å². The van der Waals surface area contributed by atoms with Crippen molar-refractivity contribution in [2.75, 3.05) is 23.7 Å². The van der Waals surface area contributed by atoms with Gasteiger partial charge in [0.25, 0.3) is 0 Å². The van der Waals surface area contributed by atoms with Gasteiger partial charge in [-0.2, -0.15) is 10.1 Å². The van der Waals surface area contributed by atoms with E-state index in [1.807, 2.05) is 17.1 Å². The molecule has 0 aromatic carbocycles. The summed E-state index contributed by atoms with van der Waals surface area (Å²) in [6.45, 7) is 3.33. The number of hydrogen-bond donors (Lipinski definition) is 3. The van der Waals surface area contributed by atoms with Crippen LogP contribution in [0.3, 0.4) is 0 Å². The fraction of sp³-hybridized carbons (Fsp3) is 0.667. The van der Waals surface area contributed by atoms with Crippen molar-refractivity contribution < 1.29 is 0 Å². The first-order valence-corrected chi connectivity index (χ1v) is 11.3. The maximum atomic E-state index is 6.39. The second-order valence-electron chi connectivity index (χ2n) is 9.08. The second kappa shape index (κ2) is 8.11. The third-order valence-corrected chi connectivity index (χ3v) is 7.10. The van der Waals surface area contributed by atoms with E-state index in [4.69, 9.17) is 11.6 Å². The largest absolute Gasteiger partial charge is 0.366 e. The van der Waals surface area contributed by atoms with Crippen LogP contribution in [0.25, 0.3) is 0 Å². The molecule has 2 aliphatic carbocycles. The standard InChI is InChI=1S/C21H30ClN7/c22-18-12-24-20(27-17-11-25-29(14-17)13-15-1-2-15)28-19(18)26-16-3-5-21(6-4-16)7-9-23-10-8-21/h11-12,14-16,23H,1-10,13H2,(H2,24,26,27,28). The van der Waals surface area contributed by atoms with Crippen LogP contribution in [-0.2, 0) is 6.54 Å². The molecule has 3 N–H and O–H groups in total. The highest BCUT2D eigenvalue weighted by Gasteiger charge is 2.36. The minimum Gasteiger partial charge on any atom is -0.366 e. The van der Waals surface area contributed by atoms with Crippen molar-refractivity contribution in [1.82, 2.24) is 25.1 Å². The summed E-state index contributed by atoms with van der Waals surface area (Å²) in [5.74, 6) is 2.07. The molecule has 0 atom stereocenters. The Morgan fingerprint density at radius 1 is 1.10 bits per heavy atom. The van der Waals surface area contributed by atoms with Gasteiger partial charge in [-0.25, -0.2) is 4.98 Å². The zero-order valence-electron chi connectivity index (χ0n) is 16.8. The van der Waals surface area contributed by atoms with Gasteiger partial charge in [0.1, 0.15) is 5.02 Å². The molecule has 5 rings (SSSR count). The Morgan fingerprint density at radius 3 is 2.66 bits per heavy atom. The molecule has 0 unspecified atom stereocenters. The van der Waals surface area contributed by atoms with Crippen molar-refractivity contribution in [3.05, 3.63) is 23.6 Å². The van der Waals surface area contributed by atoms with Crippen molar-refractivity contribution in [3.63, 3.8) is 0 Å². The number of halogens is 1. The molecule has 8 heteroatoms. The third-order valence-electron chi connectivity index (χ3n) is 6.83. The van der Waals surface area contributed by atoms with Crippen LogP contribution < -0.4 is 16.0 Å². The Balaban J connectivity index is 1.20. The minimum absolute atomic E-state index is 0.428. The van der Waals surface area contributed by atoms with E-state index in [1.54, 1.807) is 6.20 Å². The van der Waals surface area contributed by atoms with Gasteiger partial charge in [-0.1, -0.05) is 11.6 Å². The molecule has 7 nitrogen and oxygen atoms in total. The Kier molecular flexibility index (Phi) is 5.35. The number of anilines is 3. The Morgan fingerprint density at radius 2 is 1.90 bits per heavy atom. The van der Waals surface area contributed by atoms with Gasteiger partial charge in [0.2, 0.25) is 5.95 Å². The summed E-state index contributed by atoms with van der Waals surface area (Å²) in [5.41, 5.74) is 1.47. The van der Waals surface area contributed by atoms with E-state index in [1.165, 1.54) is 64.5 Å². The van der Waals surface area contributed by atoms with Crippen molar-refractivity contribution >= 4 is 29.1 Å². The number of nitrogens with zero attached hydrogens (tertiary/aromatic N) is 4. The van der Waals surface area contributed by atoms with E-state index in [-0.39, 0.29) is 0 Å². The van der Waals surface area contributed by atoms with E-state index in [9.17, 15) is 0 Å². The Hall–Kier alpha value is -1.86. The molecular weight excluding hydrogens is 386 g/mol. The van der Waals surface area contributed by atoms with Crippen molar-refractivity contribution in [3.8, 4) is 0 Å². The van der Waals surface area contributed by atoms with Crippen molar-refractivity contribution in [2.24, 2.45) is 11.3 Å². The summed E-state index contributed by atoms with van der Waals surface area (Å²) in [5, 5.41) is 15.3. The summed E-state index contributed by atoms with van der Waals surface area (Å²) < 4.78 is 1.99. The molecule has 0 amide bonds. The molecule has 29 heavy (non-hydrogen) atoms. The predicted octanol–water partition coefficient (Wildman–Crippen LogP) is 4.20. The Labute approximate surface area is 177 Å². The van der Waals surface area contributed by atoms with E-state index in [0.717, 1.165) is 24.0 Å². The monoisotopic (exact) mass is 415 g/mol. The zero-order valence-corrected chi connectivity index (χ0v) is 17.6. The molecule has 3 fully saturated rings.